The molecule has 0 bridgehead atoms. The number of nitrogens with one attached hydrogen (secondary N) is 1. The number of methoxy groups -OCH3 is 2. The summed E-state index contributed by atoms with van der Waals surface area (Å²) in [5.74, 6) is 1.76. The van der Waals surface area contributed by atoms with Crippen molar-refractivity contribution in [3.8, 4) is 11.5 Å². The van der Waals surface area contributed by atoms with Gasteiger partial charge in [0.05, 0.1) is 19.9 Å². The van der Waals surface area contributed by atoms with Crippen LogP contribution in [0, 0.1) is 0 Å². The second-order valence-electron chi connectivity index (χ2n) is 5.88. The second-order valence-corrected chi connectivity index (χ2v) is 5.88. The van der Waals surface area contributed by atoms with E-state index in [1.165, 1.54) is 10.9 Å². The van der Waals surface area contributed by atoms with Crippen LogP contribution in [0.2, 0.25) is 0 Å². The molecule has 6 nitrogen and oxygen atoms in total. The van der Waals surface area contributed by atoms with Crippen LogP contribution in [0.25, 0.3) is 10.9 Å². The Morgan fingerprint density at radius 1 is 1.11 bits per heavy atom. The Labute approximate surface area is 176 Å². The van der Waals surface area contributed by atoms with Crippen LogP contribution in [0.3, 0.4) is 0 Å². The quantitative estimate of drug-likeness (QED) is 0.231. The summed E-state index contributed by atoms with van der Waals surface area (Å²) in [7, 11) is 3.23. The number of aliphatic imine (C=N–C) groups is 1. The van der Waals surface area contributed by atoms with Crippen LogP contribution >= 0.6 is 24.0 Å². The monoisotopic (exact) mass is 480 g/mol. The number of nitrogens with two attached hydrogens (primary N) is 1. The van der Waals surface area contributed by atoms with Crippen molar-refractivity contribution in [2.24, 2.45) is 10.7 Å². The van der Waals surface area contributed by atoms with Crippen LogP contribution in [-0.2, 0) is 6.54 Å². The molecule has 2 aromatic carbocycles. The van der Waals surface area contributed by atoms with Gasteiger partial charge in [-0.05, 0) is 36.1 Å². The predicted molar refractivity (Wildman–Crippen MR) is 122 cm³/mol. The molecule has 0 aliphatic carbocycles. The minimum Gasteiger partial charge on any atom is -0.497 e. The van der Waals surface area contributed by atoms with Crippen molar-refractivity contribution in [3.63, 3.8) is 0 Å². The van der Waals surface area contributed by atoms with Crippen LogP contribution in [0.5, 0.6) is 11.5 Å². The number of hydrogen-bond donors (Lipinski definition) is 2. The molecule has 0 radical (unpaired) electrons. The zero-order valence-corrected chi connectivity index (χ0v) is 17.8. The molecule has 3 aromatic rings. The molecule has 0 amide bonds. The van der Waals surface area contributed by atoms with E-state index in [-0.39, 0.29) is 24.0 Å². The van der Waals surface area contributed by atoms with Crippen LogP contribution in [0.4, 0.5) is 5.69 Å². The number of guanidine groups is 1. The highest BCUT2D eigenvalue weighted by molar-refractivity contribution is 14.0. The van der Waals surface area contributed by atoms with Crippen LogP contribution in [0.15, 0.2) is 59.7 Å². The number of nitrogens with zero attached hydrogens (tertiary/aromatic N) is 2. The molecular formula is C20H25IN4O2. The van der Waals surface area contributed by atoms with E-state index in [4.69, 9.17) is 15.2 Å². The standard InChI is InChI=1S/C20H24N4O2.HI/c1-25-16-8-9-19(26-2)17(14-16)23-20(21)22-11-5-12-24-13-10-15-6-3-4-7-18(15)24;/h3-4,6-10,13-14H,5,11-12H2,1-2H3,(H3,21,22,23);1H. The topological polar surface area (TPSA) is 73.8 Å². The van der Waals surface area contributed by atoms with E-state index in [1.54, 1.807) is 14.2 Å². The Morgan fingerprint density at radius 2 is 1.93 bits per heavy atom. The molecule has 0 spiro atoms. The maximum absolute atomic E-state index is 6.01. The van der Waals surface area contributed by atoms with Crippen molar-refractivity contribution in [1.29, 1.82) is 0 Å². The molecule has 144 valence electrons. The molecule has 0 saturated carbocycles. The summed E-state index contributed by atoms with van der Waals surface area (Å²) in [6.07, 6.45) is 3.01. The average molecular weight is 480 g/mol. The highest BCUT2D eigenvalue weighted by Gasteiger charge is 2.06. The van der Waals surface area contributed by atoms with Gasteiger partial charge >= 0.3 is 0 Å². The number of hydrogen-bond acceptors (Lipinski definition) is 3. The molecule has 0 aliphatic heterocycles. The molecule has 3 rings (SSSR count). The van der Waals surface area contributed by atoms with Crippen molar-refractivity contribution in [1.82, 2.24) is 4.57 Å². The lowest BCUT2D eigenvalue weighted by molar-refractivity contribution is 0.405. The Bertz CT molecular complexity index is 908. The normalized spacial score (nSPS) is 11.1. The Kier molecular flexibility index (Phi) is 7.78. The molecule has 3 N–H and O–H groups in total. The first kappa shape index (κ1) is 20.9. The zero-order chi connectivity index (χ0) is 18.4. The van der Waals surface area contributed by atoms with Gasteiger partial charge in [0.2, 0.25) is 0 Å². The smallest absolute Gasteiger partial charge is 0.193 e. The van der Waals surface area contributed by atoms with Crippen LogP contribution < -0.4 is 20.5 Å². The third-order valence-electron chi connectivity index (χ3n) is 4.19. The van der Waals surface area contributed by atoms with E-state index < -0.39 is 0 Å². The minimum absolute atomic E-state index is 0. The number of anilines is 1. The van der Waals surface area contributed by atoms with E-state index in [9.17, 15) is 0 Å². The number of ether oxygens (including phenoxy) is 2. The number of rotatable bonds is 7. The zero-order valence-electron chi connectivity index (χ0n) is 15.5. The van der Waals surface area contributed by atoms with Gasteiger partial charge in [-0.2, -0.15) is 0 Å². The number of aryl methyl sites for hydroxylation is 1. The Hall–Kier alpha value is -2.42. The van der Waals surface area contributed by atoms with Gasteiger partial charge in [-0.15, -0.1) is 24.0 Å². The predicted octanol–water partition coefficient (Wildman–Crippen LogP) is 4.09. The van der Waals surface area contributed by atoms with Crippen molar-refractivity contribution in [2.75, 3.05) is 26.1 Å². The van der Waals surface area contributed by atoms with E-state index in [0.717, 1.165) is 24.4 Å². The van der Waals surface area contributed by atoms with Gasteiger partial charge < -0.3 is 25.1 Å². The number of benzene rings is 2. The highest BCUT2D eigenvalue weighted by atomic mass is 127. The largest absolute Gasteiger partial charge is 0.497 e. The van der Waals surface area contributed by atoms with Gasteiger partial charge in [0.25, 0.3) is 0 Å². The molecule has 7 heteroatoms. The van der Waals surface area contributed by atoms with Gasteiger partial charge in [-0.3, -0.25) is 4.99 Å². The van der Waals surface area contributed by atoms with Crippen molar-refractivity contribution in [3.05, 3.63) is 54.7 Å². The Balaban J connectivity index is 0.00000261. The van der Waals surface area contributed by atoms with Gasteiger partial charge in [0.15, 0.2) is 5.96 Å². The molecule has 1 heterocycles. The molecule has 0 saturated heterocycles. The van der Waals surface area contributed by atoms with E-state index in [2.05, 4.69) is 51.4 Å². The number of fused-ring (bicyclic) bond motifs is 1. The summed E-state index contributed by atoms with van der Waals surface area (Å²) in [5.41, 5.74) is 7.97. The lowest BCUT2D eigenvalue weighted by Gasteiger charge is -2.12. The lowest BCUT2D eigenvalue weighted by atomic mass is 10.2. The van der Waals surface area contributed by atoms with Gasteiger partial charge in [-0.1, -0.05) is 18.2 Å². The Morgan fingerprint density at radius 3 is 2.70 bits per heavy atom. The second kappa shape index (κ2) is 10.1. The molecule has 0 fully saturated rings. The molecule has 0 aliphatic rings. The molecular weight excluding hydrogens is 455 g/mol. The lowest BCUT2D eigenvalue weighted by Crippen LogP contribution is -2.23. The van der Waals surface area contributed by atoms with E-state index in [1.807, 2.05) is 18.2 Å². The van der Waals surface area contributed by atoms with Crippen molar-refractivity contribution < 1.29 is 9.47 Å². The van der Waals surface area contributed by atoms with Gasteiger partial charge in [-0.25, -0.2) is 0 Å². The fourth-order valence-electron chi connectivity index (χ4n) is 2.87. The summed E-state index contributed by atoms with van der Waals surface area (Å²) in [4.78, 5) is 4.40. The maximum atomic E-state index is 6.01. The fraction of sp³-hybridized carbons (Fsp3) is 0.250. The minimum atomic E-state index is 0. The first-order valence-electron chi connectivity index (χ1n) is 8.54. The van der Waals surface area contributed by atoms with Gasteiger partial charge in [0.1, 0.15) is 11.5 Å². The van der Waals surface area contributed by atoms with E-state index >= 15 is 0 Å². The molecule has 1 aromatic heterocycles. The first-order chi connectivity index (χ1) is 12.7. The molecule has 0 unspecified atom stereocenters. The summed E-state index contributed by atoms with van der Waals surface area (Å²) >= 11 is 0. The summed E-state index contributed by atoms with van der Waals surface area (Å²) in [6.45, 7) is 1.53. The number of halogens is 1. The highest BCUT2D eigenvalue weighted by Crippen LogP contribution is 2.28. The summed E-state index contributed by atoms with van der Waals surface area (Å²) in [6, 6.07) is 16.0. The maximum Gasteiger partial charge on any atom is 0.193 e. The summed E-state index contributed by atoms with van der Waals surface area (Å²) < 4.78 is 12.8. The fourth-order valence-corrected chi connectivity index (χ4v) is 2.87. The van der Waals surface area contributed by atoms with E-state index in [0.29, 0.717) is 18.3 Å². The van der Waals surface area contributed by atoms with Crippen molar-refractivity contribution in [2.45, 2.75) is 13.0 Å². The molecule has 27 heavy (non-hydrogen) atoms. The number of aromatic nitrogens is 1. The molecule has 0 atom stereocenters. The third-order valence-corrected chi connectivity index (χ3v) is 4.19. The van der Waals surface area contributed by atoms with Crippen LogP contribution in [-0.4, -0.2) is 31.3 Å². The average Bonchev–Trinajstić information content (AvgIpc) is 3.08. The SMILES string of the molecule is COc1ccc(OC)c(NC(N)=NCCCn2ccc3ccccc32)c1.I. The first-order valence-corrected chi connectivity index (χ1v) is 8.54. The third kappa shape index (κ3) is 5.29. The number of para-hydroxylation sites is 1. The van der Waals surface area contributed by atoms with Gasteiger partial charge in [0, 0.05) is 30.9 Å². The summed E-state index contributed by atoms with van der Waals surface area (Å²) in [5, 5.41) is 4.33. The van der Waals surface area contributed by atoms with Crippen molar-refractivity contribution >= 4 is 46.5 Å². The van der Waals surface area contributed by atoms with Crippen LogP contribution in [0.1, 0.15) is 6.42 Å².